The van der Waals surface area contributed by atoms with Crippen LogP contribution < -0.4 is 0 Å². The van der Waals surface area contributed by atoms with Crippen molar-refractivity contribution in [1.82, 2.24) is 14.5 Å². The van der Waals surface area contributed by atoms with Crippen LogP contribution in [0, 0.1) is 11.3 Å². The van der Waals surface area contributed by atoms with Crippen LogP contribution in [0.15, 0.2) is 24.5 Å². The number of nitriles is 1. The van der Waals surface area contributed by atoms with Gasteiger partial charge < -0.3 is 4.57 Å². The van der Waals surface area contributed by atoms with Gasteiger partial charge in [0, 0.05) is 30.2 Å². The van der Waals surface area contributed by atoms with E-state index >= 15 is 0 Å². The predicted octanol–water partition coefficient (Wildman–Crippen LogP) is 2.35. The van der Waals surface area contributed by atoms with E-state index in [9.17, 15) is 0 Å². The summed E-state index contributed by atoms with van der Waals surface area (Å²) in [6.45, 7) is 0.998. The molecule has 0 bridgehead atoms. The molecule has 3 heterocycles. The van der Waals surface area contributed by atoms with Gasteiger partial charge in [0.2, 0.25) is 0 Å². The Morgan fingerprint density at radius 1 is 1.39 bits per heavy atom. The van der Waals surface area contributed by atoms with Crippen LogP contribution in [0.4, 0.5) is 0 Å². The van der Waals surface area contributed by atoms with Crippen molar-refractivity contribution >= 4 is 0 Å². The smallest absolute Gasteiger partial charge is 0.142 e. The molecule has 1 aliphatic heterocycles. The van der Waals surface area contributed by atoms with Crippen LogP contribution in [0.2, 0.25) is 0 Å². The van der Waals surface area contributed by atoms with E-state index in [0.717, 1.165) is 30.0 Å². The summed E-state index contributed by atoms with van der Waals surface area (Å²) in [7, 11) is 0. The molecule has 0 atom stereocenters. The Balaban J connectivity index is 2.13. The zero-order valence-electron chi connectivity index (χ0n) is 10.1. The summed E-state index contributed by atoms with van der Waals surface area (Å²) >= 11 is 0. The van der Waals surface area contributed by atoms with Crippen molar-refractivity contribution in [3.63, 3.8) is 0 Å². The van der Waals surface area contributed by atoms with Crippen molar-refractivity contribution < 1.29 is 0 Å². The summed E-state index contributed by atoms with van der Waals surface area (Å²) in [5.41, 5.74) is 3.21. The lowest BCUT2D eigenvalue weighted by Crippen LogP contribution is -2.12. The van der Waals surface area contributed by atoms with Gasteiger partial charge in [-0.3, -0.25) is 4.98 Å². The Labute approximate surface area is 106 Å². The summed E-state index contributed by atoms with van der Waals surface area (Å²) in [5, 5.41) is 8.89. The molecule has 2 aromatic rings. The third-order valence-corrected chi connectivity index (χ3v) is 3.37. The molecule has 0 spiro atoms. The molecular formula is C14H14N4. The fourth-order valence-electron chi connectivity index (χ4n) is 2.55. The Bertz CT molecular complexity index is 592. The minimum Gasteiger partial charge on any atom is -0.328 e. The van der Waals surface area contributed by atoms with Crippen LogP contribution in [0.3, 0.4) is 0 Å². The van der Waals surface area contributed by atoms with E-state index in [4.69, 9.17) is 5.26 Å². The molecule has 2 aromatic heterocycles. The second-order valence-electron chi connectivity index (χ2n) is 4.51. The molecule has 0 fully saturated rings. The van der Waals surface area contributed by atoms with Gasteiger partial charge in [0.15, 0.2) is 0 Å². The van der Waals surface area contributed by atoms with E-state index in [1.54, 1.807) is 6.20 Å². The number of fused-ring (bicyclic) bond motifs is 1. The highest BCUT2D eigenvalue weighted by Gasteiger charge is 2.20. The van der Waals surface area contributed by atoms with Crippen molar-refractivity contribution in [2.45, 2.75) is 32.2 Å². The molecule has 1 aliphatic rings. The third-order valence-electron chi connectivity index (χ3n) is 3.37. The maximum absolute atomic E-state index is 8.89. The largest absolute Gasteiger partial charge is 0.328 e. The number of hydrogen-bond acceptors (Lipinski definition) is 3. The number of imidazole rings is 1. The van der Waals surface area contributed by atoms with Crippen LogP contribution in [0.5, 0.6) is 0 Å². The first-order valence-electron chi connectivity index (χ1n) is 6.26. The molecule has 90 valence electrons. The first-order chi connectivity index (χ1) is 8.90. The molecule has 0 unspecified atom stereocenters. The van der Waals surface area contributed by atoms with Crippen molar-refractivity contribution in [3.8, 4) is 17.5 Å². The third kappa shape index (κ3) is 1.78. The van der Waals surface area contributed by atoms with Gasteiger partial charge in [0.25, 0.3) is 0 Å². The summed E-state index contributed by atoms with van der Waals surface area (Å²) < 4.78 is 2.26. The van der Waals surface area contributed by atoms with Gasteiger partial charge in [0.05, 0.1) is 18.2 Å². The number of hydrogen-bond donors (Lipinski definition) is 0. The van der Waals surface area contributed by atoms with Crippen LogP contribution in [-0.2, 0) is 19.4 Å². The summed E-state index contributed by atoms with van der Waals surface area (Å²) in [6.07, 6.45) is 7.40. The molecular weight excluding hydrogens is 224 g/mol. The van der Waals surface area contributed by atoms with Gasteiger partial charge in [-0.2, -0.15) is 5.26 Å². The minimum absolute atomic E-state index is 0.398. The van der Waals surface area contributed by atoms with Gasteiger partial charge in [-0.25, -0.2) is 4.98 Å². The lowest BCUT2D eigenvalue weighted by Gasteiger charge is -2.17. The Hall–Kier alpha value is -2.15. The van der Waals surface area contributed by atoms with Crippen molar-refractivity contribution in [2.75, 3.05) is 0 Å². The molecule has 0 aromatic carbocycles. The van der Waals surface area contributed by atoms with Gasteiger partial charge in [0.1, 0.15) is 5.82 Å². The maximum Gasteiger partial charge on any atom is 0.142 e. The first kappa shape index (κ1) is 11.0. The van der Waals surface area contributed by atoms with Crippen LogP contribution in [0.25, 0.3) is 11.4 Å². The lowest BCUT2D eigenvalue weighted by molar-refractivity contribution is 0.534. The topological polar surface area (TPSA) is 54.5 Å². The molecule has 0 amide bonds. The lowest BCUT2D eigenvalue weighted by atomic mass is 10.1. The molecule has 0 saturated heterocycles. The zero-order valence-corrected chi connectivity index (χ0v) is 10.1. The number of pyridine rings is 1. The van der Waals surface area contributed by atoms with E-state index in [1.807, 2.05) is 18.3 Å². The standard InChI is InChI=1S/C14H14N4/c15-7-6-12-13-5-1-2-9-18(13)14(17-12)11-4-3-8-16-10-11/h3-4,8,10H,1-2,5-6,9H2. The summed E-state index contributed by atoms with van der Waals surface area (Å²) in [6, 6.07) is 6.15. The average molecular weight is 238 g/mol. The second kappa shape index (κ2) is 4.61. The van der Waals surface area contributed by atoms with Crippen LogP contribution in [-0.4, -0.2) is 14.5 Å². The van der Waals surface area contributed by atoms with E-state index in [0.29, 0.717) is 6.42 Å². The van der Waals surface area contributed by atoms with E-state index in [2.05, 4.69) is 20.6 Å². The van der Waals surface area contributed by atoms with E-state index < -0.39 is 0 Å². The fraction of sp³-hybridized carbons (Fsp3) is 0.357. The number of nitrogens with zero attached hydrogens (tertiary/aromatic N) is 4. The number of rotatable bonds is 2. The highest BCUT2D eigenvalue weighted by atomic mass is 15.1. The van der Waals surface area contributed by atoms with Gasteiger partial charge in [-0.05, 0) is 31.4 Å². The van der Waals surface area contributed by atoms with Crippen molar-refractivity contribution in [1.29, 1.82) is 5.26 Å². The summed E-state index contributed by atoms with van der Waals surface area (Å²) in [5.74, 6) is 0.961. The monoisotopic (exact) mass is 238 g/mol. The van der Waals surface area contributed by atoms with Gasteiger partial charge in [-0.15, -0.1) is 0 Å². The second-order valence-corrected chi connectivity index (χ2v) is 4.51. The predicted molar refractivity (Wildman–Crippen MR) is 67.7 cm³/mol. The van der Waals surface area contributed by atoms with Crippen molar-refractivity contribution in [2.24, 2.45) is 0 Å². The fourth-order valence-corrected chi connectivity index (χ4v) is 2.55. The SMILES string of the molecule is N#CCc1nc(-c2cccnc2)n2c1CCCC2. The molecule has 4 heteroatoms. The van der Waals surface area contributed by atoms with Crippen LogP contribution >= 0.6 is 0 Å². The van der Waals surface area contributed by atoms with E-state index in [1.165, 1.54) is 18.5 Å². The molecule has 0 saturated carbocycles. The molecule has 4 nitrogen and oxygen atoms in total. The first-order valence-corrected chi connectivity index (χ1v) is 6.26. The van der Waals surface area contributed by atoms with Crippen LogP contribution in [0.1, 0.15) is 24.2 Å². The minimum atomic E-state index is 0.398. The molecule has 0 N–H and O–H groups in total. The average Bonchev–Trinajstić information content (AvgIpc) is 2.80. The molecule has 3 rings (SSSR count). The van der Waals surface area contributed by atoms with Gasteiger partial charge >= 0.3 is 0 Å². The van der Waals surface area contributed by atoms with E-state index in [-0.39, 0.29) is 0 Å². The van der Waals surface area contributed by atoms with Gasteiger partial charge in [-0.1, -0.05) is 0 Å². The van der Waals surface area contributed by atoms with Crippen molar-refractivity contribution in [3.05, 3.63) is 35.9 Å². The zero-order chi connectivity index (χ0) is 12.4. The molecule has 0 radical (unpaired) electrons. The summed E-state index contributed by atoms with van der Waals surface area (Å²) in [4.78, 5) is 8.80. The number of aromatic nitrogens is 3. The Kier molecular flexibility index (Phi) is 2.81. The normalized spacial score (nSPS) is 13.9. The quantitative estimate of drug-likeness (QED) is 0.807. The highest BCUT2D eigenvalue weighted by Crippen LogP contribution is 2.27. The Morgan fingerprint density at radius 2 is 2.33 bits per heavy atom. The highest BCUT2D eigenvalue weighted by molar-refractivity contribution is 5.56. The molecule has 0 aliphatic carbocycles. The maximum atomic E-state index is 8.89. The Morgan fingerprint density at radius 3 is 3.11 bits per heavy atom. The molecule has 18 heavy (non-hydrogen) atoms.